The third kappa shape index (κ3) is 4.97. The molecule has 1 atom stereocenters. The van der Waals surface area contributed by atoms with Gasteiger partial charge in [0.1, 0.15) is 5.75 Å². The van der Waals surface area contributed by atoms with E-state index in [-0.39, 0.29) is 5.57 Å². The number of carbonyl (C=O) groups excluding carboxylic acids is 2. The molecule has 2 aromatic rings. The molecular formula is C25H29ClN2O4. The summed E-state index contributed by atoms with van der Waals surface area (Å²) in [4.78, 5) is 28.9. The highest BCUT2D eigenvalue weighted by molar-refractivity contribution is 6.46. The van der Waals surface area contributed by atoms with E-state index in [2.05, 4.69) is 13.8 Å². The van der Waals surface area contributed by atoms with Gasteiger partial charge < -0.3 is 19.6 Å². The number of nitrogens with one attached hydrogen (secondary N) is 1. The first-order valence-corrected chi connectivity index (χ1v) is 11.4. The van der Waals surface area contributed by atoms with Gasteiger partial charge in [-0.3, -0.25) is 9.59 Å². The number of amides is 1. The van der Waals surface area contributed by atoms with Crippen LogP contribution in [0.15, 0.2) is 54.1 Å². The lowest BCUT2D eigenvalue weighted by Crippen LogP contribution is -3.12. The molecule has 1 heterocycles. The normalized spacial score (nSPS) is 17.9. The van der Waals surface area contributed by atoms with E-state index in [9.17, 15) is 14.7 Å². The van der Waals surface area contributed by atoms with Crippen LogP contribution in [0.2, 0.25) is 5.02 Å². The number of Topliss-reactive ketones (excluding diaryl/α,β-unsaturated/α-hetero) is 1. The maximum absolute atomic E-state index is 13.4. The summed E-state index contributed by atoms with van der Waals surface area (Å²) in [6.45, 7) is 9.52. The lowest BCUT2D eigenvalue weighted by molar-refractivity contribution is -0.895. The van der Waals surface area contributed by atoms with Crippen LogP contribution in [0, 0.1) is 0 Å². The summed E-state index contributed by atoms with van der Waals surface area (Å²) in [5.74, 6) is -1.13. The Morgan fingerprint density at radius 2 is 1.66 bits per heavy atom. The van der Waals surface area contributed by atoms with Crippen LogP contribution in [0.1, 0.15) is 37.9 Å². The van der Waals surface area contributed by atoms with Crippen LogP contribution in [0.4, 0.5) is 0 Å². The van der Waals surface area contributed by atoms with Crippen molar-refractivity contribution in [3.05, 3.63) is 70.3 Å². The molecule has 0 radical (unpaired) electrons. The van der Waals surface area contributed by atoms with Gasteiger partial charge in [0.05, 0.1) is 38.8 Å². The summed E-state index contributed by atoms with van der Waals surface area (Å²) in [5.41, 5.74) is 1.02. The van der Waals surface area contributed by atoms with Gasteiger partial charge in [-0.2, -0.15) is 0 Å². The van der Waals surface area contributed by atoms with Gasteiger partial charge >= 0.3 is 0 Å². The second-order valence-electron chi connectivity index (χ2n) is 7.69. The Hall–Kier alpha value is -2.83. The summed E-state index contributed by atoms with van der Waals surface area (Å²) in [7, 11) is 0. The minimum absolute atomic E-state index is 0.0176. The average molecular weight is 457 g/mol. The quantitative estimate of drug-likeness (QED) is 0.355. The first kappa shape index (κ1) is 23.8. The van der Waals surface area contributed by atoms with Crippen molar-refractivity contribution in [1.29, 1.82) is 0 Å². The lowest BCUT2D eigenvalue weighted by atomic mass is 9.95. The molecule has 7 heteroatoms. The van der Waals surface area contributed by atoms with Gasteiger partial charge in [0.15, 0.2) is 0 Å². The fraction of sp³-hybridized carbons (Fsp3) is 0.360. The van der Waals surface area contributed by atoms with E-state index in [1.54, 1.807) is 36.4 Å². The summed E-state index contributed by atoms with van der Waals surface area (Å²) in [6.07, 6.45) is 0. The van der Waals surface area contributed by atoms with Crippen molar-refractivity contribution in [3.63, 3.8) is 0 Å². The molecule has 1 aliphatic rings. The largest absolute Gasteiger partial charge is 0.872 e. The molecule has 3 rings (SSSR count). The third-order valence-electron chi connectivity index (χ3n) is 5.85. The van der Waals surface area contributed by atoms with Crippen molar-refractivity contribution in [1.82, 2.24) is 4.90 Å². The van der Waals surface area contributed by atoms with Crippen LogP contribution >= 0.6 is 11.6 Å². The number of hydrogen-bond donors (Lipinski definition) is 1. The highest BCUT2D eigenvalue weighted by Crippen LogP contribution is 2.38. The first-order valence-electron chi connectivity index (χ1n) is 11.0. The number of ether oxygens (including phenoxy) is 1. The van der Waals surface area contributed by atoms with Crippen molar-refractivity contribution in [2.75, 3.05) is 32.8 Å². The lowest BCUT2D eigenvalue weighted by Gasteiger charge is -2.28. The second-order valence-corrected chi connectivity index (χ2v) is 8.13. The summed E-state index contributed by atoms with van der Waals surface area (Å²) in [6, 6.07) is 12.8. The van der Waals surface area contributed by atoms with Gasteiger partial charge in [-0.25, -0.2) is 0 Å². The van der Waals surface area contributed by atoms with Crippen molar-refractivity contribution in [2.45, 2.75) is 26.8 Å². The second kappa shape index (κ2) is 10.7. The minimum atomic E-state index is -0.738. The highest BCUT2D eigenvalue weighted by Gasteiger charge is 2.44. The van der Waals surface area contributed by atoms with Gasteiger partial charge in [0.2, 0.25) is 5.78 Å². The number of rotatable bonds is 9. The number of hydrogen-bond acceptors (Lipinski definition) is 4. The predicted molar refractivity (Wildman–Crippen MR) is 122 cm³/mol. The summed E-state index contributed by atoms with van der Waals surface area (Å²) >= 11 is 5.95. The molecule has 1 unspecified atom stereocenters. The third-order valence-corrected chi connectivity index (χ3v) is 6.10. The van der Waals surface area contributed by atoms with Crippen molar-refractivity contribution >= 4 is 29.1 Å². The first-order chi connectivity index (χ1) is 15.4. The summed E-state index contributed by atoms with van der Waals surface area (Å²) < 4.78 is 5.52. The zero-order chi connectivity index (χ0) is 23.3. The monoisotopic (exact) mass is 456 g/mol. The molecule has 1 fully saturated rings. The number of nitrogens with zero attached hydrogens (tertiary/aromatic N) is 1. The number of likely N-dealkylation sites (N-methyl/N-ethyl adjacent to an activating group) is 1. The van der Waals surface area contributed by atoms with Crippen LogP contribution in [0.3, 0.4) is 0 Å². The Labute approximate surface area is 194 Å². The van der Waals surface area contributed by atoms with Gasteiger partial charge in [-0.05, 0) is 56.2 Å². The van der Waals surface area contributed by atoms with Crippen LogP contribution in [0.25, 0.3) is 5.76 Å². The van der Waals surface area contributed by atoms with Gasteiger partial charge in [-0.15, -0.1) is 0 Å². The number of quaternary nitrogens is 1. The van der Waals surface area contributed by atoms with E-state index >= 15 is 0 Å². The van der Waals surface area contributed by atoms with E-state index in [0.29, 0.717) is 41.6 Å². The molecule has 0 spiro atoms. The maximum Gasteiger partial charge on any atom is 0.295 e. The Bertz CT molecular complexity index is 982. The molecular weight excluding hydrogens is 428 g/mol. The molecule has 170 valence electrons. The molecule has 0 aliphatic carbocycles. The molecule has 1 N–H and O–H groups in total. The Morgan fingerprint density at radius 1 is 1.03 bits per heavy atom. The predicted octanol–water partition coefficient (Wildman–Crippen LogP) is 1.89. The van der Waals surface area contributed by atoms with E-state index in [4.69, 9.17) is 16.3 Å². The number of halogens is 1. The van der Waals surface area contributed by atoms with E-state index in [1.165, 1.54) is 9.80 Å². The van der Waals surface area contributed by atoms with Gasteiger partial charge in [0.25, 0.3) is 5.91 Å². The Morgan fingerprint density at radius 3 is 2.22 bits per heavy atom. The van der Waals surface area contributed by atoms with E-state index in [1.807, 2.05) is 19.1 Å². The van der Waals surface area contributed by atoms with Gasteiger partial charge in [0, 0.05) is 10.6 Å². The molecule has 1 aliphatic heterocycles. The number of benzene rings is 2. The smallest absolute Gasteiger partial charge is 0.295 e. The Kier molecular flexibility index (Phi) is 7.94. The molecule has 2 aromatic carbocycles. The van der Waals surface area contributed by atoms with E-state index < -0.39 is 23.5 Å². The van der Waals surface area contributed by atoms with Crippen LogP contribution in [0.5, 0.6) is 5.75 Å². The van der Waals surface area contributed by atoms with Crippen LogP contribution in [-0.4, -0.2) is 49.4 Å². The molecule has 32 heavy (non-hydrogen) atoms. The standard InChI is InChI=1S/C25H29ClN2O4/c1-4-27(5-2)15-16-28-22(17-9-13-20(14-10-17)32-6-3)21(24(30)25(28)31)23(29)18-7-11-19(26)12-8-18/h7-14,22,29H,4-6,15-16H2,1-3H3/b23-21+. The van der Waals surface area contributed by atoms with Crippen molar-refractivity contribution in [3.8, 4) is 5.75 Å². The van der Waals surface area contributed by atoms with Crippen LogP contribution < -0.4 is 14.7 Å². The molecule has 6 nitrogen and oxygen atoms in total. The van der Waals surface area contributed by atoms with Crippen molar-refractivity contribution < 1.29 is 24.3 Å². The fourth-order valence-electron chi connectivity index (χ4n) is 4.00. The Balaban J connectivity index is 2.06. The molecule has 0 bridgehead atoms. The number of ketones is 1. The topological polar surface area (TPSA) is 74.1 Å². The number of carbonyl (C=O) groups is 2. The van der Waals surface area contributed by atoms with Gasteiger partial charge in [-0.1, -0.05) is 41.6 Å². The molecule has 1 saturated heterocycles. The molecule has 0 saturated carbocycles. The van der Waals surface area contributed by atoms with Crippen molar-refractivity contribution in [2.24, 2.45) is 0 Å². The number of likely N-dealkylation sites (tertiary alicyclic amines) is 1. The SMILES string of the molecule is CCOc1ccc(C2/C(=C(\[O-])c3ccc(Cl)cc3)C(=O)C(=O)N2CC[NH+](CC)CC)cc1. The minimum Gasteiger partial charge on any atom is -0.872 e. The fourth-order valence-corrected chi connectivity index (χ4v) is 4.13. The average Bonchev–Trinajstić information content (AvgIpc) is 3.05. The molecule has 0 aromatic heterocycles. The summed E-state index contributed by atoms with van der Waals surface area (Å²) in [5, 5.41) is 13.8. The van der Waals surface area contributed by atoms with E-state index in [0.717, 1.165) is 13.1 Å². The maximum atomic E-state index is 13.4. The zero-order valence-electron chi connectivity index (χ0n) is 18.7. The highest BCUT2D eigenvalue weighted by atomic mass is 35.5. The molecule has 1 amide bonds. The zero-order valence-corrected chi connectivity index (χ0v) is 19.4. The van der Waals surface area contributed by atoms with Crippen LogP contribution in [-0.2, 0) is 9.59 Å².